The van der Waals surface area contributed by atoms with E-state index in [9.17, 15) is 8.78 Å². The fourth-order valence-corrected chi connectivity index (χ4v) is 2.67. The molecule has 1 heterocycles. The zero-order chi connectivity index (χ0) is 18.4. The van der Waals surface area contributed by atoms with Gasteiger partial charge in [0.1, 0.15) is 5.75 Å². The van der Waals surface area contributed by atoms with Crippen LogP contribution in [0.3, 0.4) is 0 Å². The first-order valence-corrected chi connectivity index (χ1v) is 8.19. The molecular formula is C19H21F2IN4O. The number of H-pyrrole nitrogens is 1. The molecule has 0 bridgehead atoms. The van der Waals surface area contributed by atoms with Gasteiger partial charge in [-0.3, -0.25) is 4.99 Å². The van der Waals surface area contributed by atoms with Crippen molar-refractivity contribution in [3.63, 3.8) is 0 Å². The number of guanidine groups is 1. The summed E-state index contributed by atoms with van der Waals surface area (Å²) in [5.74, 6) is 0.719. The van der Waals surface area contributed by atoms with E-state index in [1.165, 1.54) is 6.07 Å². The first kappa shape index (κ1) is 20.9. The van der Waals surface area contributed by atoms with Crippen molar-refractivity contribution >= 4 is 40.8 Å². The molecule has 0 aliphatic carbocycles. The highest BCUT2D eigenvalue weighted by Gasteiger charge is 2.09. The van der Waals surface area contributed by atoms with Crippen LogP contribution in [0.25, 0.3) is 10.9 Å². The molecule has 3 N–H and O–H groups in total. The number of nitrogens with zero attached hydrogens (tertiary/aromatic N) is 1. The predicted octanol–water partition coefficient (Wildman–Crippen LogP) is 4.25. The van der Waals surface area contributed by atoms with Gasteiger partial charge in [-0.15, -0.1) is 24.0 Å². The second-order valence-corrected chi connectivity index (χ2v) is 5.65. The number of hydrogen-bond donors (Lipinski definition) is 3. The zero-order valence-corrected chi connectivity index (χ0v) is 17.0. The van der Waals surface area contributed by atoms with Crippen molar-refractivity contribution in [3.8, 4) is 5.75 Å². The normalized spacial score (nSPS) is 11.3. The molecule has 0 radical (unpaired) electrons. The van der Waals surface area contributed by atoms with E-state index < -0.39 is 6.61 Å². The molecule has 0 unspecified atom stereocenters. The quantitative estimate of drug-likeness (QED) is 0.278. The smallest absolute Gasteiger partial charge is 0.387 e. The van der Waals surface area contributed by atoms with Crippen LogP contribution in [0.1, 0.15) is 11.3 Å². The molecule has 0 spiro atoms. The molecule has 0 saturated carbocycles. The molecule has 0 amide bonds. The fourth-order valence-electron chi connectivity index (χ4n) is 2.67. The molecule has 144 valence electrons. The molecule has 27 heavy (non-hydrogen) atoms. The minimum Gasteiger partial charge on any atom is -0.434 e. The lowest BCUT2D eigenvalue weighted by molar-refractivity contribution is -0.0504. The van der Waals surface area contributed by atoms with Gasteiger partial charge < -0.3 is 20.4 Å². The van der Waals surface area contributed by atoms with E-state index in [4.69, 9.17) is 0 Å². The fraction of sp³-hybridized carbons (Fsp3) is 0.211. The van der Waals surface area contributed by atoms with Gasteiger partial charge in [0.15, 0.2) is 5.96 Å². The van der Waals surface area contributed by atoms with E-state index in [1.54, 1.807) is 25.2 Å². The first-order valence-electron chi connectivity index (χ1n) is 8.19. The van der Waals surface area contributed by atoms with Crippen LogP contribution in [0.5, 0.6) is 5.75 Å². The van der Waals surface area contributed by atoms with E-state index in [-0.39, 0.29) is 29.7 Å². The van der Waals surface area contributed by atoms with E-state index in [1.807, 2.05) is 24.3 Å². The number of rotatable bonds is 6. The van der Waals surface area contributed by atoms with Crippen LogP contribution < -0.4 is 15.4 Å². The number of aromatic nitrogens is 1. The number of fused-ring (bicyclic) bond motifs is 1. The van der Waals surface area contributed by atoms with Crippen molar-refractivity contribution in [2.24, 2.45) is 4.99 Å². The number of halogens is 3. The number of benzene rings is 2. The third-order valence-corrected chi connectivity index (χ3v) is 3.89. The highest BCUT2D eigenvalue weighted by Crippen LogP contribution is 2.20. The molecule has 0 atom stereocenters. The van der Waals surface area contributed by atoms with E-state index in [2.05, 4.69) is 31.4 Å². The lowest BCUT2D eigenvalue weighted by Gasteiger charge is -2.14. The summed E-state index contributed by atoms with van der Waals surface area (Å²) in [6.45, 7) is -1.98. The van der Waals surface area contributed by atoms with Crippen molar-refractivity contribution in [3.05, 3.63) is 65.9 Å². The lowest BCUT2D eigenvalue weighted by atomic mass is 10.2. The molecule has 5 nitrogen and oxygen atoms in total. The van der Waals surface area contributed by atoms with Crippen LogP contribution in [-0.4, -0.2) is 24.6 Å². The predicted molar refractivity (Wildman–Crippen MR) is 114 cm³/mol. The Kier molecular flexibility index (Phi) is 7.83. The maximum absolute atomic E-state index is 12.5. The summed E-state index contributed by atoms with van der Waals surface area (Å²) in [5.41, 5.74) is 2.72. The summed E-state index contributed by atoms with van der Waals surface area (Å²) in [5, 5.41) is 7.44. The average Bonchev–Trinajstić information content (AvgIpc) is 3.05. The van der Waals surface area contributed by atoms with E-state index >= 15 is 0 Å². The first-order chi connectivity index (χ1) is 12.7. The SMILES string of the molecule is CN=C(NCc1cc2ccccc2[nH]1)NCc1ccccc1OC(F)F.I. The molecule has 0 aliphatic rings. The van der Waals surface area contributed by atoms with E-state index in [0.29, 0.717) is 24.6 Å². The Balaban J connectivity index is 0.00000261. The molecule has 2 aromatic carbocycles. The lowest BCUT2D eigenvalue weighted by Crippen LogP contribution is -2.36. The van der Waals surface area contributed by atoms with Crippen molar-refractivity contribution in [2.45, 2.75) is 19.7 Å². The molecule has 0 saturated heterocycles. The van der Waals surface area contributed by atoms with Crippen molar-refractivity contribution in [2.75, 3.05) is 7.05 Å². The molecule has 3 rings (SSSR count). The molecule has 3 aromatic rings. The van der Waals surface area contributed by atoms with Crippen LogP contribution in [0, 0.1) is 0 Å². The van der Waals surface area contributed by atoms with Crippen molar-refractivity contribution in [1.82, 2.24) is 15.6 Å². The Morgan fingerprint density at radius 2 is 1.78 bits per heavy atom. The van der Waals surface area contributed by atoms with Gasteiger partial charge in [-0.25, -0.2) is 0 Å². The maximum atomic E-state index is 12.5. The van der Waals surface area contributed by atoms with Gasteiger partial charge in [0, 0.05) is 30.4 Å². The third kappa shape index (κ3) is 5.81. The third-order valence-electron chi connectivity index (χ3n) is 3.89. The molecule has 1 aromatic heterocycles. The second kappa shape index (κ2) is 10.1. The number of hydrogen-bond acceptors (Lipinski definition) is 2. The molecule has 0 aliphatic heterocycles. The Morgan fingerprint density at radius 1 is 1.07 bits per heavy atom. The van der Waals surface area contributed by atoms with Crippen LogP contribution >= 0.6 is 24.0 Å². The topological polar surface area (TPSA) is 61.4 Å². The summed E-state index contributed by atoms with van der Waals surface area (Å²) < 4.78 is 29.5. The largest absolute Gasteiger partial charge is 0.434 e. The average molecular weight is 486 g/mol. The number of aliphatic imine (C=N–C) groups is 1. The molecule has 8 heteroatoms. The number of nitrogens with one attached hydrogen (secondary N) is 3. The summed E-state index contributed by atoms with van der Waals surface area (Å²) in [6, 6.07) is 16.8. The maximum Gasteiger partial charge on any atom is 0.387 e. The Morgan fingerprint density at radius 3 is 2.52 bits per heavy atom. The van der Waals surface area contributed by atoms with Gasteiger partial charge in [0.2, 0.25) is 0 Å². The number of alkyl halides is 2. The highest BCUT2D eigenvalue weighted by atomic mass is 127. The van der Waals surface area contributed by atoms with Crippen LogP contribution in [0.4, 0.5) is 8.78 Å². The Labute approximate surface area is 173 Å². The minimum absolute atomic E-state index is 0. The van der Waals surface area contributed by atoms with Crippen LogP contribution in [-0.2, 0) is 13.1 Å². The summed E-state index contributed by atoms with van der Waals surface area (Å²) >= 11 is 0. The molecular weight excluding hydrogens is 465 g/mol. The Hall–Kier alpha value is -2.36. The van der Waals surface area contributed by atoms with Gasteiger partial charge in [0.25, 0.3) is 0 Å². The van der Waals surface area contributed by atoms with E-state index in [0.717, 1.165) is 16.6 Å². The van der Waals surface area contributed by atoms with Crippen LogP contribution in [0.15, 0.2) is 59.6 Å². The van der Waals surface area contributed by atoms with Crippen LogP contribution in [0.2, 0.25) is 0 Å². The zero-order valence-electron chi connectivity index (χ0n) is 14.7. The van der Waals surface area contributed by atoms with Crippen molar-refractivity contribution in [1.29, 1.82) is 0 Å². The Bertz CT molecular complexity index is 865. The standard InChI is InChI=1S/C19H20F2N4O.HI/c1-22-19(23-11-14-7-3-5-9-17(14)26-18(20)21)24-12-15-10-13-6-2-4-8-16(13)25-15;/h2-10,18,25H,11-12H2,1H3,(H2,22,23,24);1H. The summed E-state index contributed by atoms with van der Waals surface area (Å²) in [7, 11) is 1.65. The summed E-state index contributed by atoms with van der Waals surface area (Å²) in [6.07, 6.45) is 0. The number of ether oxygens (including phenoxy) is 1. The van der Waals surface area contributed by atoms with Gasteiger partial charge in [-0.2, -0.15) is 8.78 Å². The highest BCUT2D eigenvalue weighted by molar-refractivity contribution is 14.0. The van der Waals surface area contributed by atoms with Gasteiger partial charge in [-0.1, -0.05) is 36.4 Å². The monoisotopic (exact) mass is 486 g/mol. The summed E-state index contributed by atoms with van der Waals surface area (Å²) in [4.78, 5) is 7.49. The van der Waals surface area contributed by atoms with Crippen molar-refractivity contribution < 1.29 is 13.5 Å². The second-order valence-electron chi connectivity index (χ2n) is 5.65. The molecule has 0 fully saturated rings. The minimum atomic E-state index is -2.85. The van der Waals surface area contributed by atoms with Gasteiger partial charge in [0.05, 0.1) is 6.54 Å². The number of aromatic amines is 1. The van der Waals surface area contributed by atoms with Gasteiger partial charge in [-0.05, 0) is 23.6 Å². The van der Waals surface area contributed by atoms with Gasteiger partial charge >= 0.3 is 6.61 Å². The number of para-hydroxylation sites is 2.